The summed E-state index contributed by atoms with van der Waals surface area (Å²) in [5.74, 6) is -0.675. The first-order valence-corrected chi connectivity index (χ1v) is 5.36. The van der Waals surface area contributed by atoms with Gasteiger partial charge in [0.15, 0.2) is 11.6 Å². The number of hydrogen-bond acceptors (Lipinski definition) is 3. The number of benzene rings is 1. The second-order valence-corrected chi connectivity index (χ2v) is 4.15. The quantitative estimate of drug-likeness (QED) is 0.940. The Hall–Kier alpha value is -1.62. The fraction of sp³-hybridized carbons (Fsp3) is 0.0909. The van der Waals surface area contributed by atoms with E-state index in [1.54, 1.807) is 0 Å². The standard InChI is InChI=1S/C11H8BrNO3/c12-8-3-1-7(2-4-8)5-10-13-9(6-16-10)11(14)15/h1-4,6H,5H2,(H,14,15). The summed E-state index contributed by atoms with van der Waals surface area (Å²) in [7, 11) is 0. The molecule has 4 nitrogen and oxygen atoms in total. The van der Waals surface area contributed by atoms with E-state index in [1.165, 1.54) is 0 Å². The van der Waals surface area contributed by atoms with Gasteiger partial charge in [0, 0.05) is 10.9 Å². The number of nitrogens with zero attached hydrogens (tertiary/aromatic N) is 1. The van der Waals surface area contributed by atoms with Gasteiger partial charge in [-0.25, -0.2) is 9.78 Å². The van der Waals surface area contributed by atoms with Crippen LogP contribution in [0.5, 0.6) is 0 Å². The Labute approximate surface area is 100 Å². The minimum atomic E-state index is -1.08. The molecule has 1 N–H and O–H groups in total. The van der Waals surface area contributed by atoms with E-state index in [-0.39, 0.29) is 5.69 Å². The molecule has 0 unspecified atom stereocenters. The Morgan fingerprint density at radius 1 is 1.38 bits per heavy atom. The van der Waals surface area contributed by atoms with Gasteiger partial charge >= 0.3 is 5.97 Å². The van der Waals surface area contributed by atoms with Crippen molar-refractivity contribution in [3.05, 3.63) is 52.1 Å². The van der Waals surface area contributed by atoms with E-state index in [0.717, 1.165) is 16.3 Å². The Kier molecular flexibility index (Phi) is 3.05. The highest BCUT2D eigenvalue weighted by Crippen LogP contribution is 2.14. The summed E-state index contributed by atoms with van der Waals surface area (Å²) in [5.41, 5.74) is 0.953. The lowest BCUT2D eigenvalue weighted by molar-refractivity contribution is 0.0690. The van der Waals surface area contributed by atoms with Gasteiger partial charge < -0.3 is 9.52 Å². The molecule has 1 aromatic heterocycles. The molecule has 0 aliphatic heterocycles. The van der Waals surface area contributed by atoms with Crippen molar-refractivity contribution in [2.24, 2.45) is 0 Å². The minimum Gasteiger partial charge on any atom is -0.476 e. The molecular weight excluding hydrogens is 274 g/mol. The molecule has 1 aromatic carbocycles. The van der Waals surface area contributed by atoms with Gasteiger partial charge in [-0.3, -0.25) is 0 Å². The van der Waals surface area contributed by atoms with Crippen molar-refractivity contribution in [1.29, 1.82) is 0 Å². The van der Waals surface area contributed by atoms with Gasteiger partial charge in [-0.05, 0) is 17.7 Å². The van der Waals surface area contributed by atoms with Crippen LogP contribution in [-0.2, 0) is 6.42 Å². The van der Waals surface area contributed by atoms with Crippen LogP contribution in [0, 0.1) is 0 Å². The van der Waals surface area contributed by atoms with Crippen LogP contribution in [0.3, 0.4) is 0 Å². The summed E-state index contributed by atoms with van der Waals surface area (Å²) in [4.78, 5) is 14.4. The number of aromatic nitrogens is 1. The van der Waals surface area contributed by atoms with Crippen LogP contribution in [0.4, 0.5) is 0 Å². The SMILES string of the molecule is O=C(O)c1coc(Cc2ccc(Br)cc2)n1. The van der Waals surface area contributed by atoms with Crippen LogP contribution < -0.4 is 0 Å². The van der Waals surface area contributed by atoms with Crippen LogP contribution in [0.25, 0.3) is 0 Å². The van der Waals surface area contributed by atoms with E-state index in [4.69, 9.17) is 9.52 Å². The largest absolute Gasteiger partial charge is 0.476 e. The molecule has 1 heterocycles. The van der Waals surface area contributed by atoms with Crippen LogP contribution >= 0.6 is 15.9 Å². The third kappa shape index (κ3) is 2.49. The molecule has 0 atom stereocenters. The van der Waals surface area contributed by atoms with E-state index in [0.29, 0.717) is 12.3 Å². The third-order valence-corrected chi connectivity index (χ3v) is 2.57. The number of carbonyl (C=O) groups is 1. The number of halogens is 1. The summed E-state index contributed by atoms with van der Waals surface area (Å²) in [6.07, 6.45) is 1.64. The maximum atomic E-state index is 10.6. The van der Waals surface area contributed by atoms with Gasteiger partial charge in [0.05, 0.1) is 0 Å². The van der Waals surface area contributed by atoms with Crippen LogP contribution in [0.1, 0.15) is 21.9 Å². The van der Waals surface area contributed by atoms with E-state index in [1.807, 2.05) is 24.3 Å². The highest BCUT2D eigenvalue weighted by molar-refractivity contribution is 9.10. The van der Waals surface area contributed by atoms with Crippen molar-refractivity contribution in [3.63, 3.8) is 0 Å². The Morgan fingerprint density at radius 3 is 2.62 bits per heavy atom. The molecule has 0 radical (unpaired) electrons. The van der Waals surface area contributed by atoms with Crippen LogP contribution in [0.2, 0.25) is 0 Å². The topological polar surface area (TPSA) is 63.3 Å². The number of aromatic carboxylic acids is 1. The van der Waals surface area contributed by atoms with Gasteiger partial charge in [-0.1, -0.05) is 28.1 Å². The van der Waals surface area contributed by atoms with Gasteiger partial charge in [0.25, 0.3) is 0 Å². The van der Waals surface area contributed by atoms with Crippen molar-refractivity contribution < 1.29 is 14.3 Å². The Balaban J connectivity index is 2.14. The average molecular weight is 282 g/mol. The predicted molar refractivity (Wildman–Crippen MR) is 60.4 cm³/mol. The Bertz CT molecular complexity index is 504. The number of carboxylic acid groups (broad SMARTS) is 1. The normalized spacial score (nSPS) is 10.3. The molecule has 0 fully saturated rings. The van der Waals surface area contributed by atoms with Crippen molar-refractivity contribution in [3.8, 4) is 0 Å². The predicted octanol–water partition coefficient (Wildman–Crippen LogP) is 2.73. The summed E-state index contributed by atoms with van der Waals surface area (Å²) < 4.78 is 6.05. The lowest BCUT2D eigenvalue weighted by Gasteiger charge is -1.96. The first kappa shape index (κ1) is 10.9. The van der Waals surface area contributed by atoms with Crippen LogP contribution in [0.15, 0.2) is 39.4 Å². The highest BCUT2D eigenvalue weighted by Gasteiger charge is 2.10. The molecule has 5 heteroatoms. The maximum absolute atomic E-state index is 10.6. The zero-order chi connectivity index (χ0) is 11.5. The average Bonchev–Trinajstić information content (AvgIpc) is 2.70. The lowest BCUT2D eigenvalue weighted by Crippen LogP contribution is -1.97. The van der Waals surface area contributed by atoms with Crippen molar-refractivity contribution >= 4 is 21.9 Å². The summed E-state index contributed by atoms with van der Waals surface area (Å²) in [6.45, 7) is 0. The fourth-order valence-electron chi connectivity index (χ4n) is 1.27. The zero-order valence-corrected chi connectivity index (χ0v) is 9.77. The minimum absolute atomic E-state index is 0.0629. The third-order valence-electron chi connectivity index (χ3n) is 2.04. The number of hydrogen-bond donors (Lipinski definition) is 1. The number of oxazole rings is 1. The van der Waals surface area contributed by atoms with E-state index < -0.39 is 5.97 Å². The molecule has 2 aromatic rings. The second kappa shape index (κ2) is 4.49. The van der Waals surface area contributed by atoms with E-state index >= 15 is 0 Å². The highest BCUT2D eigenvalue weighted by atomic mass is 79.9. The van der Waals surface area contributed by atoms with E-state index in [9.17, 15) is 4.79 Å². The first-order valence-electron chi connectivity index (χ1n) is 4.57. The smallest absolute Gasteiger partial charge is 0.357 e. The van der Waals surface area contributed by atoms with Gasteiger partial charge in [-0.2, -0.15) is 0 Å². The molecule has 16 heavy (non-hydrogen) atoms. The number of rotatable bonds is 3. The molecule has 0 aliphatic rings. The molecule has 0 aliphatic carbocycles. The van der Waals surface area contributed by atoms with Crippen LogP contribution in [-0.4, -0.2) is 16.1 Å². The monoisotopic (exact) mass is 281 g/mol. The fourth-order valence-corrected chi connectivity index (χ4v) is 1.53. The number of carboxylic acids is 1. The Morgan fingerprint density at radius 2 is 2.06 bits per heavy atom. The first-order chi connectivity index (χ1) is 7.65. The summed E-state index contributed by atoms with van der Waals surface area (Å²) in [5, 5.41) is 8.67. The van der Waals surface area contributed by atoms with Gasteiger partial charge in [0.2, 0.25) is 0 Å². The molecule has 0 amide bonds. The lowest BCUT2D eigenvalue weighted by atomic mass is 10.1. The van der Waals surface area contributed by atoms with Crippen molar-refractivity contribution in [2.75, 3.05) is 0 Å². The summed E-state index contributed by atoms with van der Waals surface area (Å²) >= 11 is 3.34. The second-order valence-electron chi connectivity index (χ2n) is 3.23. The molecule has 2 rings (SSSR count). The van der Waals surface area contributed by atoms with Crippen molar-refractivity contribution in [2.45, 2.75) is 6.42 Å². The maximum Gasteiger partial charge on any atom is 0.357 e. The zero-order valence-electron chi connectivity index (χ0n) is 8.18. The molecule has 0 spiro atoms. The molecule has 82 valence electrons. The molecule has 0 bridgehead atoms. The van der Waals surface area contributed by atoms with Gasteiger partial charge in [0.1, 0.15) is 6.26 Å². The van der Waals surface area contributed by atoms with Crippen molar-refractivity contribution in [1.82, 2.24) is 4.98 Å². The van der Waals surface area contributed by atoms with Gasteiger partial charge in [-0.15, -0.1) is 0 Å². The summed E-state index contributed by atoms with van der Waals surface area (Å²) in [6, 6.07) is 7.68. The molecular formula is C11H8BrNO3. The molecule has 0 saturated carbocycles. The van der Waals surface area contributed by atoms with E-state index in [2.05, 4.69) is 20.9 Å². The molecule has 0 saturated heterocycles.